The molecule has 0 saturated heterocycles. The van der Waals surface area contributed by atoms with E-state index in [1.54, 1.807) is 25.2 Å². The molecule has 0 spiro atoms. The first kappa shape index (κ1) is 18.4. The van der Waals surface area contributed by atoms with Crippen LogP contribution in [0.5, 0.6) is 11.5 Å². The van der Waals surface area contributed by atoms with E-state index in [1.165, 1.54) is 0 Å². The van der Waals surface area contributed by atoms with Crippen LogP contribution in [0.1, 0.15) is 29.2 Å². The number of H-pyrrole nitrogens is 1. The molecule has 0 aliphatic carbocycles. The van der Waals surface area contributed by atoms with Gasteiger partial charge in [-0.1, -0.05) is 18.2 Å². The minimum Gasteiger partial charge on any atom is -0.496 e. The molecule has 146 valence electrons. The number of hydrogen-bond donors (Lipinski definition) is 2. The molecule has 2 heterocycles. The number of carbonyl (C=O) groups excluding carboxylic acids is 1. The molecule has 4 rings (SSSR count). The average molecular weight is 380 g/mol. The molecule has 1 unspecified atom stereocenters. The van der Waals surface area contributed by atoms with Crippen LogP contribution in [-0.2, 0) is 17.8 Å². The molecule has 0 saturated carbocycles. The number of nitrogens with one attached hydrogen (secondary N) is 1. The third kappa shape index (κ3) is 3.20. The van der Waals surface area contributed by atoms with Crippen molar-refractivity contribution in [2.75, 3.05) is 20.8 Å². The molecule has 1 aliphatic heterocycles. The average Bonchev–Trinajstić information content (AvgIpc) is 3.14. The van der Waals surface area contributed by atoms with E-state index in [1.807, 2.05) is 30.5 Å². The lowest BCUT2D eigenvalue weighted by Crippen LogP contribution is -2.38. The lowest BCUT2D eigenvalue weighted by molar-refractivity contribution is -0.134. The Kier molecular flexibility index (Phi) is 4.96. The minimum absolute atomic E-state index is 0.0138. The zero-order valence-corrected chi connectivity index (χ0v) is 16.1. The van der Waals surface area contributed by atoms with Gasteiger partial charge < -0.3 is 24.5 Å². The van der Waals surface area contributed by atoms with Gasteiger partial charge in [0.05, 0.1) is 20.8 Å². The van der Waals surface area contributed by atoms with Crippen molar-refractivity contribution >= 4 is 16.8 Å². The largest absolute Gasteiger partial charge is 0.496 e. The Morgan fingerprint density at radius 2 is 1.93 bits per heavy atom. The van der Waals surface area contributed by atoms with Gasteiger partial charge in [0.25, 0.3) is 0 Å². The van der Waals surface area contributed by atoms with E-state index in [4.69, 9.17) is 9.47 Å². The Bertz CT molecular complexity index is 1010. The van der Waals surface area contributed by atoms with Crippen LogP contribution in [0.4, 0.5) is 0 Å². The molecule has 28 heavy (non-hydrogen) atoms. The van der Waals surface area contributed by atoms with E-state index < -0.39 is 6.10 Å². The number of aryl methyl sites for hydroxylation is 1. The molecule has 0 radical (unpaired) electrons. The Hall–Kier alpha value is -2.99. The summed E-state index contributed by atoms with van der Waals surface area (Å²) in [5, 5.41) is 11.8. The van der Waals surface area contributed by atoms with Gasteiger partial charge in [-0.3, -0.25) is 4.79 Å². The molecular formula is C22H24N2O4. The summed E-state index contributed by atoms with van der Waals surface area (Å²) < 4.78 is 10.8. The number of para-hydroxylation sites is 1. The molecule has 2 aromatic carbocycles. The Morgan fingerprint density at radius 3 is 2.71 bits per heavy atom. The maximum atomic E-state index is 12.9. The minimum atomic E-state index is -0.800. The lowest BCUT2D eigenvalue weighted by atomic mass is 9.94. The smallest absolute Gasteiger partial charge is 0.223 e. The fraction of sp³-hybridized carbons (Fsp3) is 0.318. The van der Waals surface area contributed by atoms with Gasteiger partial charge in [-0.15, -0.1) is 0 Å². The van der Waals surface area contributed by atoms with Gasteiger partial charge in [0.15, 0.2) is 0 Å². The number of amides is 1. The summed E-state index contributed by atoms with van der Waals surface area (Å²) in [6.45, 7) is 0.655. The molecule has 6 nitrogen and oxygen atoms in total. The summed E-state index contributed by atoms with van der Waals surface area (Å²) in [4.78, 5) is 17.8. The van der Waals surface area contributed by atoms with Crippen molar-refractivity contribution in [2.45, 2.75) is 25.5 Å². The van der Waals surface area contributed by atoms with Crippen LogP contribution >= 0.6 is 0 Å². The van der Waals surface area contributed by atoms with Crippen LogP contribution in [0, 0.1) is 0 Å². The maximum absolute atomic E-state index is 12.9. The van der Waals surface area contributed by atoms with Crippen molar-refractivity contribution in [3.8, 4) is 11.5 Å². The summed E-state index contributed by atoms with van der Waals surface area (Å²) in [7, 11) is 3.17. The third-order valence-corrected chi connectivity index (χ3v) is 5.43. The topological polar surface area (TPSA) is 74.8 Å². The zero-order chi connectivity index (χ0) is 19.7. The van der Waals surface area contributed by atoms with E-state index in [9.17, 15) is 9.90 Å². The lowest BCUT2D eigenvalue weighted by Gasteiger charge is -2.34. The first-order valence-corrected chi connectivity index (χ1v) is 9.37. The summed E-state index contributed by atoms with van der Waals surface area (Å²) >= 11 is 0. The molecule has 2 N–H and O–H groups in total. The van der Waals surface area contributed by atoms with Gasteiger partial charge in [0.2, 0.25) is 5.91 Å². The second-order valence-electron chi connectivity index (χ2n) is 7.01. The summed E-state index contributed by atoms with van der Waals surface area (Å²) in [6.07, 6.45) is 2.20. The first-order chi connectivity index (χ1) is 13.6. The number of fused-ring (bicyclic) bond motifs is 2. The number of aliphatic hydroxyl groups is 1. The van der Waals surface area contributed by atoms with Crippen molar-refractivity contribution in [1.29, 1.82) is 0 Å². The monoisotopic (exact) mass is 380 g/mol. The Labute approximate surface area is 163 Å². The van der Waals surface area contributed by atoms with Crippen molar-refractivity contribution < 1.29 is 19.4 Å². The number of β-amino-alcohol motifs (C(OH)–C–C–N with tert-alkyl or cyclic N) is 1. The quantitative estimate of drug-likeness (QED) is 0.713. The molecule has 1 atom stereocenters. The van der Waals surface area contributed by atoms with Gasteiger partial charge in [-0.2, -0.15) is 0 Å². The number of methoxy groups -OCH3 is 2. The van der Waals surface area contributed by atoms with Gasteiger partial charge >= 0.3 is 0 Å². The fourth-order valence-corrected chi connectivity index (χ4v) is 4.00. The van der Waals surface area contributed by atoms with Crippen LogP contribution in [0.15, 0.2) is 42.6 Å². The molecule has 1 amide bonds. The first-order valence-electron chi connectivity index (χ1n) is 9.37. The molecule has 1 aliphatic rings. The van der Waals surface area contributed by atoms with Gasteiger partial charge in [0.1, 0.15) is 17.6 Å². The highest BCUT2D eigenvalue weighted by atomic mass is 16.5. The highest BCUT2D eigenvalue weighted by Crippen LogP contribution is 2.39. The summed E-state index contributed by atoms with van der Waals surface area (Å²) in [5.41, 5.74) is 3.72. The van der Waals surface area contributed by atoms with Crippen LogP contribution in [-0.4, -0.2) is 41.7 Å². The molecule has 0 fully saturated rings. The normalized spacial score (nSPS) is 16.1. The summed E-state index contributed by atoms with van der Waals surface area (Å²) in [6, 6.07) is 11.7. The number of rotatable bonds is 5. The van der Waals surface area contributed by atoms with Crippen LogP contribution in [0.2, 0.25) is 0 Å². The van der Waals surface area contributed by atoms with Crippen molar-refractivity contribution in [3.63, 3.8) is 0 Å². The van der Waals surface area contributed by atoms with Crippen molar-refractivity contribution in [1.82, 2.24) is 9.88 Å². The highest BCUT2D eigenvalue weighted by Gasteiger charge is 2.31. The second kappa shape index (κ2) is 7.56. The van der Waals surface area contributed by atoms with E-state index in [-0.39, 0.29) is 12.5 Å². The Balaban J connectivity index is 1.52. The third-order valence-electron chi connectivity index (χ3n) is 5.43. The van der Waals surface area contributed by atoms with E-state index in [0.717, 1.165) is 22.0 Å². The van der Waals surface area contributed by atoms with Crippen LogP contribution in [0.25, 0.3) is 10.9 Å². The van der Waals surface area contributed by atoms with E-state index >= 15 is 0 Å². The van der Waals surface area contributed by atoms with E-state index in [0.29, 0.717) is 36.4 Å². The van der Waals surface area contributed by atoms with Crippen molar-refractivity contribution in [2.24, 2.45) is 0 Å². The number of carbonyl (C=O) groups is 1. The predicted octanol–water partition coefficient (Wildman–Crippen LogP) is 3.19. The van der Waals surface area contributed by atoms with Crippen LogP contribution in [0.3, 0.4) is 0 Å². The van der Waals surface area contributed by atoms with Gasteiger partial charge in [-0.05, 0) is 30.2 Å². The predicted molar refractivity (Wildman–Crippen MR) is 107 cm³/mol. The van der Waals surface area contributed by atoms with Gasteiger partial charge in [-0.25, -0.2) is 0 Å². The zero-order valence-electron chi connectivity index (χ0n) is 16.1. The second-order valence-corrected chi connectivity index (χ2v) is 7.01. The molecular weight excluding hydrogens is 356 g/mol. The molecule has 6 heteroatoms. The van der Waals surface area contributed by atoms with Crippen LogP contribution < -0.4 is 9.47 Å². The maximum Gasteiger partial charge on any atom is 0.223 e. The number of aliphatic hydroxyl groups excluding tert-OH is 1. The number of aromatic nitrogens is 1. The molecule has 1 aromatic heterocycles. The highest BCUT2D eigenvalue weighted by molar-refractivity contribution is 5.84. The molecule has 3 aromatic rings. The SMILES string of the molecule is COc1ccc(OC)c2c1CN(C(=O)CCc1c[nH]c3ccccc13)CC2O. The standard InChI is InChI=1S/C22H24N2O4/c1-27-19-8-9-20(28-2)22-16(19)12-24(13-18(22)25)21(26)10-7-14-11-23-17-6-4-3-5-15(14)17/h3-6,8-9,11,18,23,25H,7,10,12-13H2,1-2H3. The number of ether oxygens (including phenoxy) is 2. The van der Waals surface area contributed by atoms with Gasteiger partial charge in [0, 0.05) is 41.2 Å². The number of benzene rings is 2. The fourth-order valence-electron chi connectivity index (χ4n) is 4.00. The number of aromatic amines is 1. The van der Waals surface area contributed by atoms with E-state index in [2.05, 4.69) is 11.1 Å². The summed E-state index contributed by atoms with van der Waals surface area (Å²) in [5.74, 6) is 1.29. The number of nitrogens with zero attached hydrogens (tertiary/aromatic N) is 1. The van der Waals surface area contributed by atoms with Crippen molar-refractivity contribution in [3.05, 3.63) is 59.3 Å². The Morgan fingerprint density at radius 1 is 1.18 bits per heavy atom. The molecule has 0 bridgehead atoms. The number of hydrogen-bond acceptors (Lipinski definition) is 4.